The summed E-state index contributed by atoms with van der Waals surface area (Å²) in [5, 5.41) is 0. The van der Waals surface area contributed by atoms with E-state index in [1.54, 1.807) is 0 Å². The summed E-state index contributed by atoms with van der Waals surface area (Å²) in [6.45, 7) is 4.45. The van der Waals surface area contributed by atoms with E-state index in [0.29, 0.717) is 0 Å². The lowest BCUT2D eigenvalue weighted by Crippen LogP contribution is -2.04. The SMILES string of the molecule is CC[C](c1ccccc1)c1ccccc1CC. The third-order valence-corrected chi connectivity index (χ3v) is 3.20. The van der Waals surface area contributed by atoms with Crippen molar-refractivity contribution >= 4 is 0 Å². The van der Waals surface area contributed by atoms with Gasteiger partial charge in [-0.05, 0) is 29.5 Å². The molecule has 2 aromatic carbocycles. The number of hydrogen-bond acceptors (Lipinski definition) is 0. The van der Waals surface area contributed by atoms with E-state index in [1.807, 2.05) is 0 Å². The fraction of sp³-hybridized carbons (Fsp3) is 0.235. The Hall–Kier alpha value is -1.56. The van der Waals surface area contributed by atoms with Crippen molar-refractivity contribution in [3.8, 4) is 0 Å². The van der Waals surface area contributed by atoms with Crippen LogP contribution >= 0.6 is 0 Å². The highest BCUT2D eigenvalue weighted by atomic mass is 14.2. The van der Waals surface area contributed by atoms with Crippen molar-refractivity contribution in [2.45, 2.75) is 26.7 Å². The molecule has 2 rings (SSSR count). The topological polar surface area (TPSA) is 0 Å². The van der Waals surface area contributed by atoms with Crippen LogP contribution in [0.15, 0.2) is 54.6 Å². The number of rotatable bonds is 4. The molecule has 1 radical (unpaired) electrons. The van der Waals surface area contributed by atoms with Gasteiger partial charge in [0.15, 0.2) is 0 Å². The van der Waals surface area contributed by atoms with E-state index >= 15 is 0 Å². The van der Waals surface area contributed by atoms with Crippen LogP contribution in [-0.4, -0.2) is 0 Å². The molecular weight excluding hydrogens is 204 g/mol. The summed E-state index contributed by atoms with van der Waals surface area (Å²) in [7, 11) is 0. The van der Waals surface area contributed by atoms with Crippen LogP contribution in [0, 0.1) is 5.92 Å². The normalized spacial score (nSPS) is 10.8. The van der Waals surface area contributed by atoms with Gasteiger partial charge in [0.2, 0.25) is 0 Å². The van der Waals surface area contributed by atoms with Gasteiger partial charge in [-0.3, -0.25) is 0 Å². The van der Waals surface area contributed by atoms with Crippen LogP contribution in [0.1, 0.15) is 37.0 Å². The van der Waals surface area contributed by atoms with Gasteiger partial charge in [0, 0.05) is 5.92 Å². The maximum absolute atomic E-state index is 2.24. The highest BCUT2D eigenvalue weighted by molar-refractivity contribution is 5.49. The Morgan fingerprint density at radius 1 is 0.824 bits per heavy atom. The van der Waals surface area contributed by atoms with Crippen LogP contribution < -0.4 is 0 Å². The molecule has 0 saturated heterocycles. The Bertz CT molecular complexity index is 456. The average Bonchev–Trinajstić information content (AvgIpc) is 2.41. The second-order valence-corrected chi connectivity index (χ2v) is 4.21. The Labute approximate surface area is 104 Å². The maximum atomic E-state index is 2.24. The number of hydrogen-bond donors (Lipinski definition) is 0. The van der Waals surface area contributed by atoms with E-state index < -0.39 is 0 Å². The molecule has 0 saturated carbocycles. The molecule has 0 aliphatic rings. The van der Waals surface area contributed by atoms with E-state index in [0.717, 1.165) is 12.8 Å². The monoisotopic (exact) mass is 223 g/mol. The summed E-state index contributed by atoms with van der Waals surface area (Å²) in [4.78, 5) is 0. The lowest BCUT2D eigenvalue weighted by atomic mass is 9.86. The van der Waals surface area contributed by atoms with Gasteiger partial charge in [0.05, 0.1) is 0 Å². The van der Waals surface area contributed by atoms with Gasteiger partial charge >= 0.3 is 0 Å². The van der Waals surface area contributed by atoms with Gasteiger partial charge < -0.3 is 0 Å². The summed E-state index contributed by atoms with van der Waals surface area (Å²) >= 11 is 0. The molecule has 0 aromatic heterocycles. The molecule has 0 unspecified atom stereocenters. The first-order chi connectivity index (χ1) is 8.36. The van der Waals surface area contributed by atoms with E-state index in [-0.39, 0.29) is 0 Å². The minimum atomic E-state index is 1.07. The molecule has 0 heterocycles. The molecule has 0 N–H and O–H groups in total. The standard InChI is InChI=1S/C17H19/c1-3-14-10-8-9-13-17(14)16(4-2)15-11-6-5-7-12-15/h5-13H,3-4H2,1-2H3. The summed E-state index contributed by atoms with van der Waals surface area (Å²) in [5.41, 5.74) is 4.19. The summed E-state index contributed by atoms with van der Waals surface area (Å²) in [6, 6.07) is 19.4. The largest absolute Gasteiger partial charge is 0.0642 e. The van der Waals surface area contributed by atoms with E-state index in [9.17, 15) is 0 Å². The van der Waals surface area contributed by atoms with Gasteiger partial charge in [-0.25, -0.2) is 0 Å². The van der Waals surface area contributed by atoms with Crippen molar-refractivity contribution in [1.29, 1.82) is 0 Å². The third-order valence-electron chi connectivity index (χ3n) is 3.20. The molecule has 87 valence electrons. The molecule has 0 heteroatoms. The molecule has 0 nitrogen and oxygen atoms in total. The first-order valence-corrected chi connectivity index (χ1v) is 6.36. The summed E-state index contributed by atoms with van der Waals surface area (Å²) in [6.07, 6.45) is 2.16. The number of benzene rings is 2. The fourth-order valence-electron chi connectivity index (χ4n) is 2.31. The molecule has 0 aliphatic carbocycles. The van der Waals surface area contributed by atoms with Crippen molar-refractivity contribution in [3.63, 3.8) is 0 Å². The Morgan fingerprint density at radius 3 is 2.12 bits per heavy atom. The van der Waals surface area contributed by atoms with Crippen LogP contribution in [-0.2, 0) is 6.42 Å². The van der Waals surface area contributed by atoms with Crippen molar-refractivity contribution in [1.82, 2.24) is 0 Å². The minimum Gasteiger partial charge on any atom is -0.0642 e. The molecule has 0 bridgehead atoms. The maximum Gasteiger partial charge on any atom is 0.0340 e. The zero-order valence-corrected chi connectivity index (χ0v) is 10.6. The zero-order chi connectivity index (χ0) is 12.1. The lowest BCUT2D eigenvalue weighted by Gasteiger charge is -2.18. The molecule has 17 heavy (non-hydrogen) atoms. The van der Waals surface area contributed by atoms with Crippen molar-refractivity contribution in [2.24, 2.45) is 0 Å². The van der Waals surface area contributed by atoms with Gasteiger partial charge in [0.1, 0.15) is 0 Å². The molecule has 2 aromatic rings. The quantitative estimate of drug-likeness (QED) is 0.709. The Kier molecular flexibility index (Phi) is 3.98. The van der Waals surface area contributed by atoms with Crippen LogP contribution in [0.2, 0.25) is 0 Å². The van der Waals surface area contributed by atoms with Gasteiger partial charge in [-0.2, -0.15) is 0 Å². The second-order valence-electron chi connectivity index (χ2n) is 4.21. The highest BCUT2D eigenvalue weighted by Gasteiger charge is 2.14. The van der Waals surface area contributed by atoms with E-state index in [2.05, 4.69) is 68.4 Å². The molecule has 0 atom stereocenters. The molecular formula is C17H19. The Morgan fingerprint density at radius 2 is 1.47 bits per heavy atom. The predicted molar refractivity (Wildman–Crippen MR) is 74.0 cm³/mol. The van der Waals surface area contributed by atoms with Gasteiger partial charge in [0.25, 0.3) is 0 Å². The minimum absolute atomic E-state index is 1.07. The Balaban J connectivity index is 2.42. The van der Waals surface area contributed by atoms with E-state index in [1.165, 1.54) is 22.6 Å². The van der Waals surface area contributed by atoms with Crippen LogP contribution in [0.3, 0.4) is 0 Å². The van der Waals surface area contributed by atoms with Gasteiger partial charge in [-0.15, -0.1) is 0 Å². The average molecular weight is 223 g/mol. The van der Waals surface area contributed by atoms with Crippen molar-refractivity contribution in [3.05, 3.63) is 77.2 Å². The fourth-order valence-corrected chi connectivity index (χ4v) is 2.31. The van der Waals surface area contributed by atoms with Crippen LogP contribution in [0.25, 0.3) is 0 Å². The van der Waals surface area contributed by atoms with Crippen molar-refractivity contribution < 1.29 is 0 Å². The van der Waals surface area contributed by atoms with E-state index in [4.69, 9.17) is 0 Å². The van der Waals surface area contributed by atoms with Crippen LogP contribution in [0.4, 0.5) is 0 Å². The third kappa shape index (κ3) is 2.58. The smallest absolute Gasteiger partial charge is 0.0340 e. The first kappa shape index (κ1) is 11.9. The first-order valence-electron chi connectivity index (χ1n) is 6.36. The zero-order valence-electron chi connectivity index (χ0n) is 10.6. The highest BCUT2D eigenvalue weighted by Crippen LogP contribution is 2.29. The molecule has 0 fully saturated rings. The second kappa shape index (κ2) is 5.67. The summed E-state index contributed by atoms with van der Waals surface area (Å²) < 4.78 is 0. The van der Waals surface area contributed by atoms with Crippen molar-refractivity contribution in [2.75, 3.05) is 0 Å². The predicted octanol–water partition coefficient (Wildman–Crippen LogP) is 4.63. The molecule has 0 spiro atoms. The molecule has 0 aliphatic heterocycles. The van der Waals surface area contributed by atoms with Gasteiger partial charge in [-0.1, -0.05) is 68.4 Å². The molecule has 0 amide bonds. The lowest BCUT2D eigenvalue weighted by molar-refractivity contribution is 0.963. The summed E-state index contributed by atoms with van der Waals surface area (Å²) in [5.74, 6) is 1.45. The van der Waals surface area contributed by atoms with Crippen LogP contribution in [0.5, 0.6) is 0 Å². The number of aryl methyl sites for hydroxylation is 1.